The van der Waals surface area contributed by atoms with Crippen molar-refractivity contribution < 1.29 is 9.47 Å². The Morgan fingerprint density at radius 2 is 1.92 bits per heavy atom. The molecule has 2 aromatic carbocycles. The van der Waals surface area contributed by atoms with E-state index in [1.54, 1.807) is 7.11 Å². The van der Waals surface area contributed by atoms with Crippen LogP contribution in [-0.2, 0) is 17.8 Å². The number of hydrogen-bond donors (Lipinski definition) is 2. The van der Waals surface area contributed by atoms with Gasteiger partial charge in [0.2, 0.25) is 0 Å². The molecule has 0 aliphatic carbocycles. The second-order valence-electron chi connectivity index (χ2n) is 6.10. The number of fused-ring (bicyclic) bond motifs is 3. The normalized spacial score (nSPS) is 11.3. The van der Waals surface area contributed by atoms with Gasteiger partial charge >= 0.3 is 0 Å². The molecule has 4 rings (SSSR count). The average Bonchev–Trinajstić information content (AvgIpc) is 3.10. The van der Waals surface area contributed by atoms with Crippen molar-refractivity contribution in [1.82, 2.24) is 15.0 Å². The third-order valence-corrected chi connectivity index (χ3v) is 4.27. The standard InChI is InChI=1S/C20H20N4O2/c1-25-10-9-17-23-18-15-8-7-14(26-12-13-5-3-2-4-6-13)11-16(15)22-20(21)19(18)24-17/h2-8,11H,9-10,12H2,1H3,(H2,21,22)(H,23,24). The molecule has 0 saturated heterocycles. The molecule has 4 aromatic rings. The first-order chi connectivity index (χ1) is 12.7. The lowest BCUT2D eigenvalue weighted by atomic mass is 10.2. The van der Waals surface area contributed by atoms with Crippen molar-refractivity contribution in [3.8, 4) is 5.75 Å². The van der Waals surface area contributed by atoms with Gasteiger partial charge in [0.15, 0.2) is 0 Å². The number of benzene rings is 2. The molecule has 0 spiro atoms. The Hall–Kier alpha value is -3.12. The highest BCUT2D eigenvalue weighted by atomic mass is 16.5. The molecule has 6 heteroatoms. The molecule has 0 amide bonds. The number of imidazole rings is 1. The summed E-state index contributed by atoms with van der Waals surface area (Å²) in [5.74, 6) is 2.03. The van der Waals surface area contributed by atoms with E-state index in [-0.39, 0.29) is 0 Å². The lowest BCUT2D eigenvalue weighted by Crippen LogP contribution is -1.96. The van der Waals surface area contributed by atoms with Crippen LogP contribution in [0.15, 0.2) is 48.5 Å². The molecule has 0 unspecified atom stereocenters. The first-order valence-corrected chi connectivity index (χ1v) is 8.48. The number of nitrogen functional groups attached to an aromatic ring is 1. The van der Waals surface area contributed by atoms with Crippen LogP contribution in [0.4, 0.5) is 5.82 Å². The first kappa shape index (κ1) is 16.4. The molecular weight excluding hydrogens is 328 g/mol. The van der Waals surface area contributed by atoms with E-state index < -0.39 is 0 Å². The molecule has 0 fully saturated rings. The average molecular weight is 348 g/mol. The van der Waals surface area contributed by atoms with Crippen molar-refractivity contribution in [1.29, 1.82) is 0 Å². The molecule has 0 aliphatic heterocycles. The molecule has 132 valence electrons. The van der Waals surface area contributed by atoms with E-state index in [1.807, 2.05) is 48.5 Å². The number of aromatic amines is 1. The van der Waals surface area contributed by atoms with Crippen LogP contribution in [0.2, 0.25) is 0 Å². The van der Waals surface area contributed by atoms with Crippen molar-refractivity contribution in [3.05, 3.63) is 59.9 Å². The van der Waals surface area contributed by atoms with Gasteiger partial charge in [-0.3, -0.25) is 0 Å². The Kier molecular flexibility index (Phi) is 4.41. The Morgan fingerprint density at radius 3 is 2.73 bits per heavy atom. The molecule has 2 aromatic heterocycles. The second-order valence-corrected chi connectivity index (χ2v) is 6.10. The highest BCUT2D eigenvalue weighted by molar-refractivity contribution is 6.06. The Bertz CT molecular complexity index is 1040. The highest BCUT2D eigenvalue weighted by Gasteiger charge is 2.12. The number of aromatic nitrogens is 3. The van der Waals surface area contributed by atoms with Crippen LogP contribution in [0.3, 0.4) is 0 Å². The summed E-state index contributed by atoms with van der Waals surface area (Å²) in [6.45, 7) is 1.11. The Morgan fingerprint density at radius 1 is 1.08 bits per heavy atom. The van der Waals surface area contributed by atoms with Crippen LogP contribution in [-0.4, -0.2) is 28.7 Å². The zero-order valence-electron chi connectivity index (χ0n) is 14.5. The number of methoxy groups -OCH3 is 1. The van der Waals surface area contributed by atoms with Crippen molar-refractivity contribution >= 4 is 27.8 Å². The molecule has 6 nitrogen and oxygen atoms in total. The number of nitrogens with zero attached hydrogens (tertiary/aromatic N) is 2. The fraction of sp³-hybridized carbons (Fsp3) is 0.200. The van der Waals surface area contributed by atoms with E-state index in [0.29, 0.717) is 25.5 Å². The summed E-state index contributed by atoms with van der Waals surface area (Å²) in [7, 11) is 1.67. The van der Waals surface area contributed by atoms with Crippen molar-refractivity contribution in [2.24, 2.45) is 0 Å². The van der Waals surface area contributed by atoms with Crippen molar-refractivity contribution in [2.75, 3.05) is 19.5 Å². The zero-order chi connectivity index (χ0) is 17.9. The fourth-order valence-electron chi connectivity index (χ4n) is 2.94. The van der Waals surface area contributed by atoms with Gasteiger partial charge in [0.1, 0.15) is 35.0 Å². The van der Waals surface area contributed by atoms with Crippen LogP contribution < -0.4 is 10.5 Å². The minimum absolute atomic E-state index is 0.434. The molecule has 0 bridgehead atoms. The molecule has 0 atom stereocenters. The predicted molar refractivity (Wildman–Crippen MR) is 102 cm³/mol. The summed E-state index contributed by atoms with van der Waals surface area (Å²) < 4.78 is 11.0. The number of nitrogens with one attached hydrogen (secondary N) is 1. The van der Waals surface area contributed by atoms with Gasteiger partial charge in [0, 0.05) is 25.0 Å². The largest absolute Gasteiger partial charge is 0.489 e. The number of pyridine rings is 1. The molecular formula is C20H20N4O2. The van der Waals surface area contributed by atoms with Gasteiger partial charge in [-0.2, -0.15) is 0 Å². The van der Waals surface area contributed by atoms with E-state index in [1.165, 1.54) is 0 Å². The number of ether oxygens (including phenoxy) is 2. The van der Waals surface area contributed by atoms with Gasteiger partial charge in [0.25, 0.3) is 0 Å². The Balaban J connectivity index is 1.66. The lowest BCUT2D eigenvalue weighted by Gasteiger charge is -2.08. The topological polar surface area (TPSA) is 86.0 Å². The smallest absolute Gasteiger partial charge is 0.150 e. The van der Waals surface area contributed by atoms with Gasteiger partial charge in [-0.15, -0.1) is 0 Å². The van der Waals surface area contributed by atoms with Crippen LogP contribution in [0, 0.1) is 0 Å². The summed E-state index contributed by atoms with van der Waals surface area (Å²) in [6.07, 6.45) is 0.699. The van der Waals surface area contributed by atoms with Crippen molar-refractivity contribution in [2.45, 2.75) is 13.0 Å². The van der Waals surface area contributed by atoms with Gasteiger partial charge < -0.3 is 20.2 Å². The SMILES string of the molecule is COCCc1nc2c([nH]1)c(N)nc1cc(OCc3ccccc3)ccc12. The maximum absolute atomic E-state index is 6.12. The maximum Gasteiger partial charge on any atom is 0.150 e. The van der Waals surface area contributed by atoms with E-state index in [4.69, 9.17) is 15.2 Å². The summed E-state index contributed by atoms with van der Waals surface area (Å²) in [5.41, 5.74) is 9.60. The van der Waals surface area contributed by atoms with Crippen LogP contribution >= 0.6 is 0 Å². The highest BCUT2D eigenvalue weighted by Crippen LogP contribution is 2.29. The molecule has 0 aliphatic rings. The predicted octanol–water partition coefficient (Wildman–Crippen LogP) is 3.46. The third-order valence-electron chi connectivity index (χ3n) is 4.27. The number of H-pyrrole nitrogens is 1. The summed E-state index contributed by atoms with van der Waals surface area (Å²) in [5, 5.41) is 0.946. The van der Waals surface area contributed by atoms with E-state index >= 15 is 0 Å². The number of anilines is 1. The molecule has 0 radical (unpaired) electrons. The van der Waals surface area contributed by atoms with Crippen LogP contribution in [0.5, 0.6) is 5.75 Å². The molecule has 3 N–H and O–H groups in total. The quantitative estimate of drug-likeness (QED) is 0.557. The minimum Gasteiger partial charge on any atom is -0.489 e. The van der Waals surface area contributed by atoms with Crippen LogP contribution in [0.25, 0.3) is 21.9 Å². The fourth-order valence-corrected chi connectivity index (χ4v) is 2.94. The van der Waals surface area contributed by atoms with Gasteiger partial charge in [-0.05, 0) is 17.7 Å². The van der Waals surface area contributed by atoms with Gasteiger partial charge in [-0.25, -0.2) is 9.97 Å². The monoisotopic (exact) mass is 348 g/mol. The number of hydrogen-bond acceptors (Lipinski definition) is 5. The number of rotatable bonds is 6. The Labute approximate surface area is 151 Å². The third kappa shape index (κ3) is 3.19. The van der Waals surface area contributed by atoms with E-state index in [0.717, 1.165) is 39.1 Å². The minimum atomic E-state index is 0.434. The zero-order valence-corrected chi connectivity index (χ0v) is 14.5. The van der Waals surface area contributed by atoms with Gasteiger partial charge in [-0.1, -0.05) is 30.3 Å². The first-order valence-electron chi connectivity index (χ1n) is 8.48. The van der Waals surface area contributed by atoms with E-state index in [2.05, 4.69) is 15.0 Å². The molecule has 0 saturated carbocycles. The van der Waals surface area contributed by atoms with Crippen LogP contribution in [0.1, 0.15) is 11.4 Å². The van der Waals surface area contributed by atoms with Gasteiger partial charge in [0.05, 0.1) is 12.1 Å². The second kappa shape index (κ2) is 7.01. The summed E-state index contributed by atoms with van der Waals surface area (Å²) >= 11 is 0. The lowest BCUT2D eigenvalue weighted by molar-refractivity contribution is 0.201. The van der Waals surface area contributed by atoms with E-state index in [9.17, 15) is 0 Å². The summed E-state index contributed by atoms with van der Waals surface area (Å²) in [6, 6.07) is 15.9. The maximum atomic E-state index is 6.12. The van der Waals surface area contributed by atoms with Crippen molar-refractivity contribution in [3.63, 3.8) is 0 Å². The molecule has 26 heavy (non-hydrogen) atoms. The summed E-state index contributed by atoms with van der Waals surface area (Å²) in [4.78, 5) is 12.4. The molecule has 2 heterocycles. The number of nitrogens with two attached hydrogens (primary N) is 1.